The van der Waals surface area contributed by atoms with Crippen LogP contribution in [0.5, 0.6) is 0 Å². The highest BCUT2D eigenvalue weighted by Gasteiger charge is 2.31. The van der Waals surface area contributed by atoms with Gasteiger partial charge in [0, 0.05) is 30.8 Å². The Kier molecular flexibility index (Phi) is 10.1. The van der Waals surface area contributed by atoms with Crippen molar-refractivity contribution in [2.24, 2.45) is 10.4 Å². The molecule has 0 aliphatic heterocycles. The fourth-order valence-electron chi connectivity index (χ4n) is 3.29. The van der Waals surface area contributed by atoms with E-state index >= 15 is 0 Å². The minimum absolute atomic E-state index is 0. The van der Waals surface area contributed by atoms with Gasteiger partial charge in [0.1, 0.15) is 5.01 Å². The molecule has 138 valence electrons. The number of thiazole rings is 1. The number of nitrogens with one attached hydrogen (secondary N) is 2. The average molecular weight is 466 g/mol. The van der Waals surface area contributed by atoms with E-state index in [1.807, 2.05) is 6.20 Å². The van der Waals surface area contributed by atoms with Gasteiger partial charge in [-0.15, -0.1) is 35.3 Å². The van der Waals surface area contributed by atoms with E-state index in [1.165, 1.54) is 37.0 Å². The summed E-state index contributed by atoms with van der Waals surface area (Å²) in [5.74, 6) is 0.850. The lowest BCUT2D eigenvalue weighted by Gasteiger charge is -2.37. The van der Waals surface area contributed by atoms with Gasteiger partial charge in [0.2, 0.25) is 0 Å². The van der Waals surface area contributed by atoms with Crippen LogP contribution in [0.2, 0.25) is 0 Å². The molecule has 1 aromatic rings. The molecule has 1 heterocycles. The van der Waals surface area contributed by atoms with Crippen molar-refractivity contribution in [2.75, 3.05) is 19.7 Å². The third kappa shape index (κ3) is 6.84. The first-order valence-corrected chi connectivity index (χ1v) is 9.53. The molecule has 0 radical (unpaired) electrons. The van der Waals surface area contributed by atoms with Crippen molar-refractivity contribution in [1.29, 1.82) is 0 Å². The highest BCUT2D eigenvalue weighted by Crippen LogP contribution is 2.38. The number of halogens is 1. The Labute approximate surface area is 166 Å². The molecule has 7 heteroatoms. The average Bonchev–Trinajstić information content (AvgIpc) is 2.97. The van der Waals surface area contributed by atoms with Gasteiger partial charge in [0.25, 0.3) is 0 Å². The van der Waals surface area contributed by atoms with Crippen LogP contribution in [0, 0.1) is 12.3 Å². The van der Waals surface area contributed by atoms with Crippen LogP contribution in [0.3, 0.4) is 0 Å². The third-order valence-electron chi connectivity index (χ3n) is 4.57. The molecule has 1 fully saturated rings. The van der Waals surface area contributed by atoms with Gasteiger partial charge in [-0.05, 0) is 38.5 Å². The van der Waals surface area contributed by atoms with E-state index in [0.717, 1.165) is 30.5 Å². The third-order valence-corrected chi connectivity index (χ3v) is 5.47. The zero-order chi connectivity index (χ0) is 16.5. The molecule has 2 rings (SSSR count). The maximum Gasteiger partial charge on any atom is 0.191 e. The number of aliphatic hydroxyl groups excluding tert-OH is 1. The van der Waals surface area contributed by atoms with Crippen molar-refractivity contribution in [2.45, 2.75) is 58.9 Å². The van der Waals surface area contributed by atoms with Crippen LogP contribution < -0.4 is 10.6 Å². The molecule has 0 unspecified atom stereocenters. The van der Waals surface area contributed by atoms with Crippen LogP contribution in [0.1, 0.15) is 55.3 Å². The standard InChI is InChI=1S/C17H30N4OS.HI/c1-3-18-16(20-12-15-19-11-14(2)23-15)21-13-17(9-10-22)7-5-4-6-8-17;/h11,22H,3-10,12-13H2,1-2H3,(H2,18,20,21);1H. The van der Waals surface area contributed by atoms with E-state index in [-0.39, 0.29) is 36.0 Å². The second-order valence-electron chi connectivity index (χ2n) is 6.45. The molecule has 0 amide bonds. The molecule has 1 aliphatic carbocycles. The second-order valence-corrected chi connectivity index (χ2v) is 7.77. The maximum absolute atomic E-state index is 9.43. The smallest absolute Gasteiger partial charge is 0.191 e. The zero-order valence-electron chi connectivity index (χ0n) is 14.8. The van der Waals surface area contributed by atoms with Gasteiger partial charge < -0.3 is 15.7 Å². The first kappa shape index (κ1) is 21.6. The lowest BCUT2D eigenvalue weighted by molar-refractivity contribution is 0.131. The summed E-state index contributed by atoms with van der Waals surface area (Å²) in [5.41, 5.74) is 0.223. The van der Waals surface area contributed by atoms with Gasteiger partial charge in [-0.3, -0.25) is 0 Å². The van der Waals surface area contributed by atoms with Crippen LogP contribution in [-0.2, 0) is 6.54 Å². The molecule has 0 aromatic carbocycles. The lowest BCUT2D eigenvalue weighted by atomic mass is 9.72. The summed E-state index contributed by atoms with van der Waals surface area (Å²) in [4.78, 5) is 10.2. The zero-order valence-corrected chi connectivity index (χ0v) is 18.0. The van der Waals surface area contributed by atoms with Gasteiger partial charge >= 0.3 is 0 Å². The largest absolute Gasteiger partial charge is 0.396 e. The molecule has 5 nitrogen and oxygen atoms in total. The topological polar surface area (TPSA) is 69.5 Å². The summed E-state index contributed by atoms with van der Waals surface area (Å²) in [7, 11) is 0. The number of hydrogen-bond acceptors (Lipinski definition) is 4. The van der Waals surface area contributed by atoms with Gasteiger partial charge in [0.05, 0.1) is 6.54 Å². The SMILES string of the molecule is CCNC(=NCc1ncc(C)s1)NCC1(CCO)CCCCC1.I. The monoisotopic (exact) mass is 466 g/mol. The summed E-state index contributed by atoms with van der Waals surface area (Å²) in [6, 6.07) is 0. The Morgan fingerprint density at radius 3 is 2.67 bits per heavy atom. The van der Waals surface area contributed by atoms with Crippen LogP contribution in [0.15, 0.2) is 11.2 Å². The van der Waals surface area contributed by atoms with Crippen molar-refractivity contribution in [3.05, 3.63) is 16.1 Å². The van der Waals surface area contributed by atoms with Crippen molar-refractivity contribution in [3.8, 4) is 0 Å². The van der Waals surface area contributed by atoms with Crippen molar-refractivity contribution in [3.63, 3.8) is 0 Å². The van der Waals surface area contributed by atoms with Crippen LogP contribution >= 0.6 is 35.3 Å². The van der Waals surface area contributed by atoms with E-state index in [0.29, 0.717) is 6.54 Å². The van der Waals surface area contributed by atoms with E-state index in [1.54, 1.807) is 11.3 Å². The van der Waals surface area contributed by atoms with Crippen LogP contribution in [-0.4, -0.2) is 35.7 Å². The minimum Gasteiger partial charge on any atom is -0.396 e. The molecule has 0 atom stereocenters. The van der Waals surface area contributed by atoms with Crippen molar-refractivity contribution in [1.82, 2.24) is 15.6 Å². The van der Waals surface area contributed by atoms with Crippen LogP contribution in [0.25, 0.3) is 0 Å². The molecule has 1 saturated carbocycles. The van der Waals surface area contributed by atoms with E-state index in [2.05, 4.69) is 34.5 Å². The Morgan fingerprint density at radius 1 is 1.33 bits per heavy atom. The number of aliphatic imine (C=N–C) groups is 1. The molecule has 3 N–H and O–H groups in total. The number of rotatable bonds is 7. The van der Waals surface area contributed by atoms with Gasteiger partial charge in [-0.1, -0.05) is 19.3 Å². The van der Waals surface area contributed by atoms with E-state index in [9.17, 15) is 5.11 Å². The van der Waals surface area contributed by atoms with Crippen molar-refractivity contribution < 1.29 is 5.11 Å². The molecule has 0 bridgehead atoms. The summed E-state index contributed by atoms with van der Waals surface area (Å²) >= 11 is 1.69. The summed E-state index contributed by atoms with van der Waals surface area (Å²) in [6.45, 7) is 6.76. The Morgan fingerprint density at radius 2 is 2.08 bits per heavy atom. The number of aromatic nitrogens is 1. The lowest BCUT2D eigenvalue weighted by Crippen LogP contribution is -2.44. The normalized spacial score (nSPS) is 17.2. The highest BCUT2D eigenvalue weighted by atomic mass is 127. The number of nitrogens with zero attached hydrogens (tertiary/aromatic N) is 2. The van der Waals surface area contributed by atoms with Gasteiger partial charge in [-0.25, -0.2) is 9.98 Å². The predicted octanol–water partition coefficient (Wildman–Crippen LogP) is 3.46. The first-order chi connectivity index (χ1) is 11.2. The summed E-state index contributed by atoms with van der Waals surface area (Å²) in [5, 5.41) is 17.3. The van der Waals surface area contributed by atoms with Gasteiger partial charge in [0.15, 0.2) is 5.96 Å². The molecule has 0 saturated heterocycles. The molecule has 0 spiro atoms. The van der Waals surface area contributed by atoms with E-state index in [4.69, 9.17) is 0 Å². The number of aryl methyl sites for hydroxylation is 1. The van der Waals surface area contributed by atoms with E-state index < -0.39 is 0 Å². The molecule has 1 aromatic heterocycles. The Balaban J connectivity index is 0.00000288. The van der Waals surface area contributed by atoms with Crippen molar-refractivity contribution >= 4 is 41.3 Å². The Bertz CT molecular complexity index is 495. The highest BCUT2D eigenvalue weighted by molar-refractivity contribution is 14.0. The number of aliphatic hydroxyl groups is 1. The molecule has 1 aliphatic rings. The molecular weight excluding hydrogens is 435 g/mol. The minimum atomic E-state index is 0. The summed E-state index contributed by atoms with van der Waals surface area (Å²) < 4.78 is 0. The predicted molar refractivity (Wildman–Crippen MR) is 112 cm³/mol. The Hall–Kier alpha value is -0.410. The van der Waals surface area contributed by atoms with Crippen LogP contribution in [0.4, 0.5) is 0 Å². The maximum atomic E-state index is 9.43. The number of hydrogen-bond donors (Lipinski definition) is 3. The van der Waals surface area contributed by atoms with Gasteiger partial charge in [-0.2, -0.15) is 0 Å². The second kappa shape index (κ2) is 11.3. The fourth-order valence-corrected chi connectivity index (χ4v) is 4.00. The quantitative estimate of drug-likeness (QED) is 0.327. The molecule has 24 heavy (non-hydrogen) atoms. The number of guanidine groups is 1. The first-order valence-electron chi connectivity index (χ1n) is 8.72. The fraction of sp³-hybridized carbons (Fsp3) is 0.765. The summed E-state index contributed by atoms with van der Waals surface area (Å²) in [6.07, 6.45) is 9.04. The molecular formula is C17H31IN4OS.